The van der Waals surface area contributed by atoms with Crippen molar-refractivity contribution in [1.82, 2.24) is 5.32 Å². The molecule has 19 heavy (non-hydrogen) atoms. The summed E-state index contributed by atoms with van der Waals surface area (Å²) in [5, 5.41) is 2.51. The Balaban J connectivity index is 2.83. The van der Waals surface area contributed by atoms with E-state index >= 15 is 0 Å². The van der Waals surface area contributed by atoms with E-state index < -0.39 is 17.6 Å². The average Bonchev–Trinajstić information content (AvgIpc) is 2.34. The Bertz CT molecular complexity index is 446. The van der Waals surface area contributed by atoms with Crippen LogP contribution in [0.15, 0.2) is 24.3 Å². The highest BCUT2D eigenvalue weighted by Crippen LogP contribution is 2.31. The third-order valence-corrected chi connectivity index (χ3v) is 4.04. The van der Waals surface area contributed by atoms with E-state index in [2.05, 4.69) is 21.2 Å². The molecule has 1 aromatic rings. The van der Waals surface area contributed by atoms with Crippen molar-refractivity contribution in [3.8, 4) is 0 Å². The Kier molecular flexibility index (Phi) is 5.40. The number of carbonyl (C=O) groups excluding carboxylic acids is 1. The van der Waals surface area contributed by atoms with E-state index in [0.717, 1.165) is 6.07 Å². The molecule has 1 N–H and O–H groups in total. The quantitative estimate of drug-likeness (QED) is 0.830. The SMILES string of the molecule is CC(C)C(Br)CNC(=O)c1ccccc1C(F)(F)F. The summed E-state index contributed by atoms with van der Waals surface area (Å²) in [5.74, 6) is -0.434. The van der Waals surface area contributed by atoms with Gasteiger partial charge in [0.1, 0.15) is 0 Å². The Morgan fingerprint density at radius 2 is 1.89 bits per heavy atom. The van der Waals surface area contributed by atoms with Crippen LogP contribution in [0.1, 0.15) is 29.8 Å². The van der Waals surface area contributed by atoms with Crippen LogP contribution in [0.25, 0.3) is 0 Å². The van der Waals surface area contributed by atoms with E-state index in [1.807, 2.05) is 13.8 Å². The number of benzene rings is 1. The molecule has 0 aliphatic carbocycles. The molecule has 0 fully saturated rings. The number of rotatable bonds is 4. The molecule has 1 amide bonds. The smallest absolute Gasteiger partial charge is 0.351 e. The van der Waals surface area contributed by atoms with Gasteiger partial charge in [0.05, 0.1) is 11.1 Å². The standard InChI is InChI=1S/C13H15BrF3NO/c1-8(2)11(14)7-18-12(19)9-5-3-4-6-10(9)13(15,16)17/h3-6,8,11H,7H2,1-2H3,(H,18,19). The second-order valence-corrected chi connectivity index (χ2v) is 5.69. The van der Waals surface area contributed by atoms with E-state index in [1.54, 1.807) is 0 Å². The van der Waals surface area contributed by atoms with Gasteiger partial charge in [-0.1, -0.05) is 41.9 Å². The molecule has 0 aliphatic heterocycles. The molecule has 1 aromatic carbocycles. The molecule has 0 bridgehead atoms. The lowest BCUT2D eigenvalue weighted by molar-refractivity contribution is -0.137. The number of alkyl halides is 4. The number of hydrogen-bond donors (Lipinski definition) is 1. The largest absolute Gasteiger partial charge is 0.417 e. The van der Waals surface area contributed by atoms with Gasteiger partial charge in [0.2, 0.25) is 0 Å². The topological polar surface area (TPSA) is 29.1 Å². The van der Waals surface area contributed by atoms with E-state index in [-0.39, 0.29) is 22.9 Å². The predicted molar refractivity (Wildman–Crippen MR) is 71.3 cm³/mol. The van der Waals surface area contributed by atoms with Gasteiger partial charge in [-0.15, -0.1) is 0 Å². The van der Waals surface area contributed by atoms with Crippen LogP contribution in [0.5, 0.6) is 0 Å². The molecule has 0 spiro atoms. The second kappa shape index (κ2) is 6.41. The molecule has 0 heterocycles. The van der Waals surface area contributed by atoms with Crippen LogP contribution in [-0.4, -0.2) is 17.3 Å². The van der Waals surface area contributed by atoms with Gasteiger partial charge in [0, 0.05) is 11.4 Å². The third kappa shape index (κ3) is 4.53. The van der Waals surface area contributed by atoms with E-state index in [9.17, 15) is 18.0 Å². The molecule has 0 aromatic heterocycles. The lowest BCUT2D eigenvalue weighted by Crippen LogP contribution is -2.33. The molecule has 1 atom stereocenters. The zero-order chi connectivity index (χ0) is 14.6. The predicted octanol–water partition coefficient (Wildman–Crippen LogP) is 3.85. The monoisotopic (exact) mass is 337 g/mol. The molecule has 0 radical (unpaired) electrons. The summed E-state index contributed by atoms with van der Waals surface area (Å²) in [6.07, 6.45) is -4.53. The number of nitrogens with one attached hydrogen (secondary N) is 1. The summed E-state index contributed by atoms with van der Waals surface area (Å²) in [5.41, 5.74) is -1.26. The van der Waals surface area contributed by atoms with Crippen molar-refractivity contribution in [3.63, 3.8) is 0 Å². The lowest BCUT2D eigenvalue weighted by Gasteiger charge is -2.16. The number of amides is 1. The third-order valence-electron chi connectivity index (χ3n) is 2.66. The highest BCUT2D eigenvalue weighted by atomic mass is 79.9. The van der Waals surface area contributed by atoms with E-state index in [1.165, 1.54) is 18.2 Å². The zero-order valence-corrected chi connectivity index (χ0v) is 12.2. The Hall–Kier alpha value is -1.04. The minimum atomic E-state index is -4.53. The van der Waals surface area contributed by atoms with Gasteiger partial charge in [-0.2, -0.15) is 13.2 Å². The summed E-state index contributed by atoms with van der Waals surface area (Å²) in [6, 6.07) is 4.76. The van der Waals surface area contributed by atoms with Crippen LogP contribution in [0, 0.1) is 5.92 Å². The fourth-order valence-corrected chi connectivity index (χ4v) is 1.61. The van der Waals surface area contributed by atoms with Crippen LogP contribution in [0.4, 0.5) is 13.2 Å². The summed E-state index contributed by atoms with van der Waals surface area (Å²) in [4.78, 5) is 11.8. The van der Waals surface area contributed by atoms with Gasteiger partial charge < -0.3 is 5.32 Å². The molecule has 0 saturated heterocycles. The highest BCUT2D eigenvalue weighted by molar-refractivity contribution is 9.09. The van der Waals surface area contributed by atoms with E-state index in [4.69, 9.17) is 0 Å². The molecule has 106 valence electrons. The van der Waals surface area contributed by atoms with Gasteiger partial charge in [-0.05, 0) is 18.1 Å². The van der Waals surface area contributed by atoms with E-state index in [0.29, 0.717) is 0 Å². The number of hydrogen-bond acceptors (Lipinski definition) is 1. The molecule has 2 nitrogen and oxygen atoms in total. The first-order chi connectivity index (χ1) is 8.73. The van der Waals surface area contributed by atoms with Crippen molar-refractivity contribution in [2.45, 2.75) is 24.9 Å². The number of halogens is 4. The molecule has 1 unspecified atom stereocenters. The fourth-order valence-electron chi connectivity index (χ4n) is 1.45. The summed E-state index contributed by atoms with van der Waals surface area (Å²) in [6.45, 7) is 4.19. The first-order valence-corrected chi connectivity index (χ1v) is 6.73. The fraction of sp³-hybridized carbons (Fsp3) is 0.462. The Morgan fingerprint density at radius 3 is 2.42 bits per heavy atom. The molecule has 0 aliphatic rings. The molecular formula is C13H15BrF3NO. The van der Waals surface area contributed by atoms with Gasteiger partial charge in [-0.25, -0.2) is 0 Å². The maximum Gasteiger partial charge on any atom is 0.417 e. The Labute approximate surface area is 118 Å². The van der Waals surface area contributed by atoms with Crippen LogP contribution in [0.2, 0.25) is 0 Å². The average molecular weight is 338 g/mol. The summed E-state index contributed by atoms with van der Waals surface area (Å²) in [7, 11) is 0. The van der Waals surface area contributed by atoms with Crippen LogP contribution < -0.4 is 5.32 Å². The highest BCUT2D eigenvalue weighted by Gasteiger charge is 2.34. The summed E-state index contributed by atoms with van der Waals surface area (Å²) >= 11 is 3.36. The normalized spacial score (nSPS) is 13.4. The summed E-state index contributed by atoms with van der Waals surface area (Å²) < 4.78 is 38.2. The van der Waals surface area contributed by atoms with Crippen molar-refractivity contribution >= 4 is 21.8 Å². The van der Waals surface area contributed by atoms with Gasteiger partial charge >= 0.3 is 6.18 Å². The zero-order valence-electron chi connectivity index (χ0n) is 10.6. The molecule has 0 saturated carbocycles. The maximum atomic E-state index is 12.7. The molecule has 1 rings (SSSR count). The van der Waals surface area contributed by atoms with Crippen molar-refractivity contribution in [2.75, 3.05) is 6.54 Å². The van der Waals surface area contributed by atoms with Gasteiger partial charge in [-0.3, -0.25) is 4.79 Å². The van der Waals surface area contributed by atoms with Gasteiger partial charge in [0.15, 0.2) is 0 Å². The number of carbonyl (C=O) groups is 1. The Morgan fingerprint density at radius 1 is 1.32 bits per heavy atom. The van der Waals surface area contributed by atoms with Crippen LogP contribution in [-0.2, 0) is 6.18 Å². The maximum absolute atomic E-state index is 12.7. The second-order valence-electron chi connectivity index (χ2n) is 4.51. The van der Waals surface area contributed by atoms with Crippen LogP contribution in [0.3, 0.4) is 0 Å². The van der Waals surface area contributed by atoms with Crippen molar-refractivity contribution < 1.29 is 18.0 Å². The lowest BCUT2D eigenvalue weighted by atomic mass is 10.1. The first-order valence-electron chi connectivity index (χ1n) is 5.82. The molecular weight excluding hydrogens is 323 g/mol. The van der Waals surface area contributed by atoms with Crippen LogP contribution >= 0.6 is 15.9 Å². The van der Waals surface area contributed by atoms with Crippen molar-refractivity contribution in [2.24, 2.45) is 5.92 Å². The molecule has 6 heteroatoms. The minimum Gasteiger partial charge on any atom is -0.351 e. The minimum absolute atomic E-state index is 0.0227. The first kappa shape index (κ1) is 16.0. The van der Waals surface area contributed by atoms with Gasteiger partial charge in [0.25, 0.3) is 5.91 Å². The van der Waals surface area contributed by atoms with Crippen molar-refractivity contribution in [3.05, 3.63) is 35.4 Å². The van der Waals surface area contributed by atoms with Crippen molar-refractivity contribution in [1.29, 1.82) is 0 Å².